The third-order valence-corrected chi connectivity index (χ3v) is 3.65. The van der Waals surface area contributed by atoms with Crippen LogP contribution >= 0.6 is 0 Å². The van der Waals surface area contributed by atoms with E-state index in [4.69, 9.17) is 0 Å². The van der Waals surface area contributed by atoms with E-state index >= 15 is 0 Å². The lowest BCUT2D eigenvalue weighted by molar-refractivity contribution is -0.115. The Labute approximate surface area is 116 Å². The van der Waals surface area contributed by atoms with E-state index in [0.29, 0.717) is 17.4 Å². The van der Waals surface area contributed by atoms with Crippen LogP contribution in [0.1, 0.15) is 43.0 Å². The van der Waals surface area contributed by atoms with Gasteiger partial charge < -0.3 is 5.32 Å². The first-order valence-corrected chi connectivity index (χ1v) is 6.91. The first kappa shape index (κ1) is 12.8. The van der Waals surface area contributed by atoms with Gasteiger partial charge in [0.15, 0.2) is 5.82 Å². The van der Waals surface area contributed by atoms with Crippen LogP contribution in [-0.2, 0) is 18.3 Å². The molecule has 0 radical (unpaired) electrons. The predicted octanol–water partition coefficient (Wildman–Crippen LogP) is 1.38. The van der Waals surface area contributed by atoms with E-state index in [2.05, 4.69) is 25.7 Å². The zero-order valence-corrected chi connectivity index (χ0v) is 11.5. The molecule has 2 heterocycles. The quantitative estimate of drug-likeness (QED) is 0.881. The van der Waals surface area contributed by atoms with Crippen molar-refractivity contribution in [3.8, 4) is 0 Å². The monoisotopic (exact) mass is 274 g/mol. The number of rotatable bonds is 4. The summed E-state index contributed by atoms with van der Waals surface area (Å²) >= 11 is 0. The summed E-state index contributed by atoms with van der Waals surface area (Å²) in [5.41, 5.74) is 1.77. The molecule has 2 aromatic heterocycles. The molecule has 3 rings (SSSR count). The molecule has 7 heteroatoms. The molecule has 106 valence electrons. The third-order valence-electron chi connectivity index (χ3n) is 3.65. The Balaban J connectivity index is 1.58. The number of hydrogen-bond acceptors (Lipinski definition) is 4. The molecule has 20 heavy (non-hydrogen) atoms. The number of amides is 1. The highest BCUT2D eigenvalue weighted by Gasteiger charge is 2.19. The second-order valence-electron chi connectivity index (χ2n) is 5.24. The lowest BCUT2D eigenvalue weighted by Crippen LogP contribution is -2.15. The van der Waals surface area contributed by atoms with Crippen LogP contribution in [0.15, 0.2) is 12.3 Å². The van der Waals surface area contributed by atoms with Crippen LogP contribution in [0.4, 0.5) is 5.82 Å². The van der Waals surface area contributed by atoms with Crippen LogP contribution in [0.25, 0.3) is 0 Å². The van der Waals surface area contributed by atoms with Gasteiger partial charge >= 0.3 is 0 Å². The van der Waals surface area contributed by atoms with Gasteiger partial charge in [-0.3, -0.25) is 9.89 Å². The van der Waals surface area contributed by atoms with Crippen molar-refractivity contribution >= 4 is 11.7 Å². The van der Waals surface area contributed by atoms with Crippen molar-refractivity contribution in [1.29, 1.82) is 0 Å². The Morgan fingerprint density at radius 1 is 1.50 bits per heavy atom. The molecule has 0 bridgehead atoms. The highest BCUT2D eigenvalue weighted by molar-refractivity contribution is 5.91. The van der Waals surface area contributed by atoms with Crippen molar-refractivity contribution in [2.45, 2.75) is 38.0 Å². The Kier molecular flexibility index (Phi) is 3.49. The minimum atomic E-state index is -0.130. The van der Waals surface area contributed by atoms with Gasteiger partial charge in [-0.15, -0.1) is 0 Å². The maximum absolute atomic E-state index is 11.9. The molecule has 1 amide bonds. The normalized spacial score (nSPS) is 15.7. The molecule has 0 spiro atoms. The van der Waals surface area contributed by atoms with E-state index in [1.54, 1.807) is 13.2 Å². The van der Waals surface area contributed by atoms with Gasteiger partial charge in [-0.25, -0.2) is 0 Å². The summed E-state index contributed by atoms with van der Waals surface area (Å²) in [6, 6.07) is 1.94. The molecule has 0 aliphatic heterocycles. The molecular formula is C13H18N6O. The number of H-pyrrole nitrogens is 1. The van der Waals surface area contributed by atoms with Gasteiger partial charge in [0.1, 0.15) is 0 Å². The van der Waals surface area contributed by atoms with Gasteiger partial charge in [-0.05, 0) is 12.8 Å². The molecule has 0 aromatic carbocycles. The predicted molar refractivity (Wildman–Crippen MR) is 73.1 cm³/mol. The molecule has 2 N–H and O–H groups in total. The summed E-state index contributed by atoms with van der Waals surface area (Å²) in [6.07, 6.45) is 6.76. The SMILES string of the molecule is Cn1ncc(CC(=O)Nc2cc(C3CCCC3)[nH]n2)n1. The molecular weight excluding hydrogens is 256 g/mol. The smallest absolute Gasteiger partial charge is 0.231 e. The van der Waals surface area contributed by atoms with E-state index in [1.807, 2.05) is 6.07 Å². The van der Waals surface area contributed by atoms with Crippen molar-refractivity contribution in [3.63, 3.8) is 0 Å². The van der Waals surface area contributed by atoms with Crippen LogP contribution in [0.5, 0.6) is 0 Å². The first-order chi connectivity index (χ1) is 9.70. The van der Waals surface area contributed by atoms with E-state index in [1.165, 1.54) is 30.5 Å². The number of aromatic amines is 1. The molecule has 1 saturated carbocycles. The lowest BCUT2D eigenvalue weighted by Gasteiger charge is -2.03. The number of hydrogen-bond donors (Lipinski definition) is 2. The van der Waals surface area contributed by atoms with Crippen molar-refractivity contribution in [2.24, 2.45) is 7.05 Å². The maximum Gasteiger partial charge on any atom is 0.231 e. The highest BCUT2D eigenvalue weighted by Crippen LogP contribution is 2.33. The lowest BCUT2D eigenvalue weighted by atomic mass is 10.0. The van der Waals surface area contributed by atoms with Crippen LogP contribution in [0, 0.1) is 0 Å². The number of aromatic nitrogens is 5. The van der Waals surface area contributed by atoms with E-state index in [0.717, 1.165) is 5.69 Å². The summed E-state index contributed by atoms with van der Waals surface area (Å²) in [4.78, 5) is 13.3. The molecule has 0 atom stereocenters. The summed E-state index contributed by atoms with van der Waals surface area (Å²) in [7, 11) is 1.73. The number of aryl methyl sites for hydroxylation is 1. The maximum atomic E-state index is 11.9. The van der Waals surface area contributed by atoms with E-state index in [-0.39, 0.29) is 12.3 Å². The molecule has 1 aliphatic carbocycles. The molecule has 7 nitrogen and oxygen atoms in total. The Morgan fingerprint density at radius 2 is 2.30 bits per heavy atom. The zero-order chi connectivity index (χ0) is 13.9. The fourth-order valence-corrected chi connectivity index (χ4v) is 2.67. The van der Waals surface area contributed by atoms with Crippen LogP contribution in [0.3, 0.4) is 0 Å². The molecule has 1 fully saturated rings. The van der Waals surface area contributed by atoms with Crippen LogP contribution < -0.4 is 5.32 Å². The number of nitrogens with zero attached hydrogens (tertiary/aromatic N) is 4. The summed E-state index contributed by atoms with van der Waals surface area (Å²) in [5, 5.41) is 18.0. The summed E-state index contributed by atoms with van der Waals surface area (Å²) < 4.78 is 0. The van der Waals surface area contributed by atoms with Crippen molar-refractivity contribution in [2.75, 3.05) is 5.32 Å². The topological polar surface area (TPSA) is 88.5 Å². The van der Waals surface area contributed by atoms with Gasteiger partial charge in [0, 0.05) is 24.7 Å². The van der Waals surface area contributed by atoms with Gasteiger partial charge in [0.25, 0.3) is 0 Å². The third kappa shape index (κ3) is 2.87. The second-order valence-corrected chi connectivity index (χ2v) is 5.24. The Hall–Kier alpha value is -2.18. The average Bonchev–Trinajstić information content (AvgIpc) is 3.10. The molecule has 1 aliphatic rings. The molecule has 0 unspecified atom stereocenters. The van der Waals surface area contributed by atoms with E-state index < -0.39 is 0 Å². The standard InChI is InChI=1S/C13H18N6O/c1-19-14-8-10(18-19)6-13(20)15-12-7-11(16-17-12)9-4-2-3-5-9/h7-9H,2-6H2,1H3,(H2,15,16,17,20). The fraction of sp³-hybridized carbons (Fsp3) is 0.538. The van der Waals surface area contributed by atoms with Gasteiger partial charge in [-0.2, -0.15) is 20.1 Å². The van der Waals surface area contributed by atoms with Crippen molar-refractivity contribution in [3.05, 3.63) is 23.7 Å². The van der Waals surface area contributed by atoms with Gasteiger partial charge in [0.2, 0.25) is 5.91 Å². The number of carbonyl (C=O) groups excluding carboxylic acids is 1. The van der Waals surface area contributed by atoms with Crippen molar-refractivity contribution in [1.82, 2.24) is 25.2 Å². The largest absolute Gasteiger partial charge is 0.309 e. The van der Waals surface area contributed by atoms with Gasteiger partial charge in [-0.1, -0.05) is 12.8 Å². The average molecular weight is 274 g/mol. The summed E-state index contributed by atoms with van der Waals surface area (Å²) in [6.45, 7) is 0. The molecule has 2 aromatic rings. The second kappa shape index (κ2) is 5.44. The Bertz CT molecular complexity index is 596. The minimum Gasteiger partial charge on any atom is -0.309 e. The number of nitrogens with one attached hydrogen (secondary N) is 2. The zero-order valence-electron chi connectivity index (χ0n) is 11.5. The van der Waals surface area contributed by atoms with Crippen LogP contribution in [0.2, 0.25) is 0 Å². The first-order valence-electron chi connectivity index (χ1n) is 6.91. The fourth-order valence-electron chi connectivity index (χ4n) is 2.67. The Morgan fingerprint density at radius 3 is 3.00 bits per heavy atom. The van der Waals surface area contributed by atoms with Crippen molar-refractivity contribution < 1.29 is 4.79 Å². The van der Waals surface area contributed by atoms with Gasteiger partial charge in [0.05, 0.1) is 18.3 Å². The number of anilines is 1. The summed E-state index contributed by atoms with van der Waals surface area (Å²) in [5.74, 6) is 1.02. The van der Waals surface area contributed by atoms with Crippen LogP contribution in [-0.4, -0.2) is 31.1 Å². The minimum absolute atomic E-state index is 0.130. The number of carbonyl (C=O) groups is 1. The van der Waals surface area contributed by atoms with E-state index in [9.17, 15) is 4.79 Å². The molecule has 0 saturated heterocycles. The highest BCUT2D eigenvalue weighted by atomic mass is 16.1.